The van der Waals surface area contributed by atoms with E-state index in [4.69, 9.17) is 15.8 Å². The second-order valence-electron chi connectivity index (χ2n) is 4.59. The predicted octanol–water partition coefficient (Wildman–Crippen LogP) is 3.09. The standard InChI is InChI=1S/C15H15ClO4S/c1-11-6-8-12(9-7-11)21(18,19)20-10-15(17)13-4-2-3-5-14(13)16/h2-9,15,17H,10H2,1H3/t15-/m1/s1. The van der Waals surface area contributed by atoms with Crippen LogP contribution < -0.4 is 0 Å². The molecule has 0 saturated heterocycles. The summed E-state index contributed by atoms with van der Waals surface area (Å²) in [6, 6.07) is 13.0. The first-order chi connectivity index (χ1) is 9.90. The lowest BCUT2D eigenvalue weighted by molar-refractivity contribution is 0.111. The van der Waals surface area contributed by atoms with Gasteiger partial charge in [-0.25, -0.2) is 0 Å². The Kier molecular flexibility index (Phi) is 5.00. The number of benzene rings is 2. The summed E-state index contributed by atoms with van der Waals surface area (Å²) in [6.45, 7) is 1.47. The average Bonchev–Trinajstić information content (AvgIpc) is 2.46. The topological polar surface area (TPSA) is 63.6 Å². The zero-order chi connectivity index (χ0) is 15.5. The van der Waals surface area contributed by atoms with E-state index in [1.165, 1.54) is 12.1 Å². The molecule has 2 aromatic rings. The van der Waals surface area contributed by atoms with Crippen LogP contribution in [0.25, 0.3) is 0 Å². The summed E-state index contributed by atoms with van der Waals surface area (Å²) in [5, 5.41) is 10.3. The molecule has 0 unspecified atom stereocenters. The van der Waals surface area contributed by atoms with Crippen molar-refractivity contribution in [3.8, 4) is 0 Å². The van der Waals surface area contributed by atoms with Crippen LogP contribution in [-0.2, 0) is 14.3 Å². The van der Waals surface area contributed by atoms with E-state index in [-0.39, 0.29) is 11.5 Å². The van der Waals surface area contributed by atoms with Crippen molar-refractivity contribution < 1.29 is 17.7 Å². The summed E-state index contributed by atoms with van der Waals surface area (Å²) in [5.74, 6) is 0. The fraction of sp³-hybridized carbons (Fsp3) is 0.200. The molecule has 0 bridgehead atoms. The highest BCUT2D eigenvalue weighted by atomic mass is 35.5. The molecule has 0 fully saturated rings. The Balaban J connectivity index is 2.08. The van der Waals surface area contributed by atoms with Crippen LogP contribution >= 0.6 is 11.6 Å². The number of aryl methyl sites for hydroxylation is 1. The van der Waals surface area contributed by atoms with Crippen molar-refractivity contribution in [2.45, 2.75) is 17.9 Å². The molecule has 0 aromatic heterocycles. The van der Waals surface area contributed by atoms with Crippen LogP contribution in [0.4, 0.5) is 0 Å². The van der Waals surface area contributed by atoms with Crippen molar-refractivity contribution in [2.24, 2.45) is 0 Å². The van der Waals surface area contributed by atoms with Gasteiger partial charge in [0.15, 0.2) is 0 Å². The van der Waals surface area contributed by atoms with Gasteiger partial charge in [-0.2, -0.15) is 8.42 Å². The van der Waals surface area contributed by atoms with E-state index in [1.807, 2.05) is 6.92 Å². The van der Waals surface area contributed by atoms with Gasteiger partial charge in [-0.3, -0.25) is 4.18 Å². The van der Waals surface area contributed by atoms with Crippen LogP contribution in [0, 0.1) is 6.92 Å². The molecule has 0 radical (unpaired) electrons. The van der Waals surface area contributed by atoms with Gasteiger partial charge in [0, 0.05) is 10.6 Å². The third-order valence-electron chi connectivity index (χ3n) is 2.95. The zero-order valence-electron chi connectivity index (χ0n) is 11.4. The van der Waals surface area contributed by atoms with E-state index in [0.717, 1.165) is 5.56 Å². The highest BCUT2D eigenvalue weighted by molar-refractivity contribution is 7.86. The third kappa shape index (κ3) is 4.04. The molecule has 112 valence electrons. The van der Waals surface area contributed by atoms with Gasteiger partial charge in [0.25, 0.3) is 10.1 Å². The summed E-state index contributed by atoms with van der Waals surface area (Å²) < 4.78 is 28.9. The number of hydrogen-bond donors (Lipinski definition) is 1. The second kappa shape index (κ2) is 6.58. The quantitative estimate of drug-likeness (QED) is 0.858. The minimum Gasteiger partial charge on any atom is -0.386 e. The lowest BCUT2D eigenvalue weighted by Crippen LogP contribution is -2.13. The van der Waals surface area contributed by atoms with E-state index in [2.05, 4.69) is 0 Å². The fourth-order valence-electron chi connectivity index (χ4n) is 1.76. The van der Waals surface area contributed by atoms with Crippen molar-refractivity contribution in [3.63, 3.8) is 0 Å². The molecule has 0 spiro atoms. The summed E-state index contributed by atoms with van der Waals surface area (Å²) >= 11 is 5.94. The van der Waals surface area contributed by atoms with Crippen LogP contribution in [0.5, 0.6) is 0 Å². The van der Waals surface area contributed by atoms with Gasteiger partial charge < -0.3 is 5.11 Å². The van der Waals surface area contributed by atoms with E-state index >= 15 is 0 Å². The Morgan fingerprint density at radius 3 is 2.38 bits per heavy atom. The molecule has 1 atom stereocenters. The maximum Gasteiger partial charge on any atom is 0.297 e. The molecule has 2 rings (SSSR count). The molecular formula is C15H15ClO4S. The highest BCUT2D eigenvalue weighted by Gasteiger charge is 2.19. The summed E-state index contributed by atoms with van der Waals surface area (Å²) in [7, 11) is -3.90. The lowest BCUT2D eigenvalue weighted by atomic mass is 10.1. The van der Waals surface area contributed by atoms with Gasteiger partial charge in [-0.05, 0) is 25.1 Å². The van der Waals surface area contributed by atoms with E-state index in [1.54, 1.807) is 36.4 Å². The minimum atomic E-state index is -3.90. The molecule has 1 N–H and O–H groups in total. The molecule has 0 aliphatic carbocycles. The maximum atomic E-state index is 12.0. The summed E-state index contributed by atoms with van der Waals surface area (Å²) in [5.41, 5.74) is 1.38. The van der Waals surface area contributed by atoms with Gasteiger partial charge in [0.1, 0.15) is 6.10 Å². The largest absolute Gasteiger partial charge is 0.386 e. The first-order valence-corrected chi connectivity index (χ1v) is 8.07. The smallest absolute Gasteiger partial charge is 0.297 e. The number of halogens is 1. The third-order valence-corrected chi connectivity index (χ3v) is 4.60. The van der Waals surface area contributed by atoms with Crippen LogP contribution in [-0.4, -0.2) is 20.1 Å². The molecule has 0 heterocycles. The van der Waals surface area contributed by atoms with Gasteiger partial charge in [0.2, 0.25) is 0 Å². The number of aliphatic hydroxyl groups is 1. The van der Waals surface area contributed by atoms with Crippen LogP contribution in [0.3, 0.4) is 0 Å². The number of rotatable bonds is 5. The summed E-state index contributed by atoms with van der Waals surface area (Å²) in [6.07, 6.45) is -1.11. The van der Waals surface area contributed by atoms with Crippen LogP contribution in [0.15, 0.2) is 53.4 Å². The van der Waals surface area contributed by atoms with Gasteiger partial charge in [-0.1, -0.05) is 47.5 Å². The van der Waals surface area contributed by atoms with E-state index in [0.29, 0.717) is 10.6 Å². The fourth-order valence-corrected chi connectivity index (χ4v) is 2.94. The Labute approximate surface area is 129 Å². The van der Waals surface area contributed by atoms with Crippen molar-refractivity contribution in [3.05, 3.63) is 64.7 Å². The molecule has 0 amide bonds. The summed E-state index contributed by atoms with van der Waals surface area (Å²) in [4.78, 5) is 0.0551. The Morgan fingerprint density at radius 1 is 1.14 bits per heavy atom. The van der Waals surface area contributed by atoms with Crippen LogP contribution in [0.1, 0.15) is 17.2 Å². The first-order valence-electron chi connectivity index (χ1n) is 6.29. The normalized spacial score (nSPS) is 13.1. The number of aliphatic hydroxyl groups excluding tert-OH is 1. The molecular weight excluding hydrogens is 312 g/mol. The van der Waals surface area contributed by atoms with Crippen molar-refractivity contribution in [2.75, 3.05) is 6.61 Å². The van der Waals surface area contributed by atoms with Crippen molar-refractivity contribution in [1.29, 1.82) is 0 Å². The predicted molar refractivity (Wildman–Crippen MR) is 80.7 cm³/mol. The molecule has 0 aliphatic rings. The average molecular weight is 327 g/mol. The highest BCUT2D eigenvalue weighted by Crippen LogP contribution is 2.24. The van der Waals surface area contributed by atoms with E-state index < -0.39 is 16.2 Å². The van der Waals surface area contributed by atoms with E-state index in [9.17, 15) is 13.5 Å². The van der Waals surface area contributed by atoms with Gasteiger partial charge in [-0.15, -0.1) is 0 Å². The molecule has 4 nitrogen and oxygen atoms in total. The zero-order valence-corrected chi connectivity index (χ0v) is 12.9. The molecule has 6 heteroatoms. The Morgan fingerprint density at radius 2 is 1.76 bits per heavy atom. The number of hydrogen-bond acceptors (Lipinski definition) is 4. The van der Waals surface area contributed by atoms with Gasteiger partial charge >= 0.3 is 0 Å². The first kappa shape index (κ1) is 16.0. The molecule has 21 heavy (non-hydrogen) atoms. The SMILES string of the molecule is Cc1ccc(S(=O)(=O)OC[C@@H](O)c2ccccc2Cl)cc1. The monoisotopic (exact) mass is 326 g/mol. The molecule has 2 aromatic carbocycles. The minimum absolute atomic E-state index is 0.0551. The lowest BCUT2D eigenvalue weighted by Gasteiger charge is -2.13. The maximum absolute atomic E-state index is 12.0. The molecule has 0 saturated carbocycles. The van der Waals surface area contributed by atoms with Crippen LogP contribution in [0.2, 0.25) is 5.02 Å². The molecule has 0 aliphatic heterocycles. The second-order valence-corrected chi connectivity index (χ2v) is 6.61. The van der Waals surface area contributed by atoms with Crippen molar-refractivity contribution >= 4 is 21.7 Å². The Bertz CT molecular complexity index is 711. The van der Waals surface area contributed by atoms with Crippen molar-refractivity contribution in [1.82, 2.24) is 0 Å². The van der Waals surface area contributed by atoms with Gasteiger partial charge in [0.05, 0.1) is 11.5 Å². The Hall–Kier alpha value is -1.40.